The average molecular weight is 677 g/mol. The van der Waals surface area contributed by atoms with E-state index in [1.807, 2.05) is 36.4 Å². The Morgan fingerprint density at radius 2 is 0.851 bits per heavy atom. The Balaban J connectivity index is 0.000000208. The third-order valence-electron chi connectivity index (χ3n) is 6.61. The summed E-state index contributed by atoms with van der Waals surface area (Å²) in [7, 11) is 0. The summed E-state index contributed by atoms with van der Waals surface area (Å²) < 4.78 is 0. The Morgan fingerprint density at radius 3 is 1.21 bits per heavy atom. The van der Waals surface area contributed by atoms with Crippen LogP contribution >= 0.6 is 0 Å². The van der Waals surface area contributed by atoms with Crippen LogP contribution in [0.3, 0.4) is 0 Å². The first kappa shape index (κ1) is 33.4. The monoisotopic (exact) mass is 677 g/mol. The van der Waals surface area contributed by atoms with Crippen LogP contribution in [0.4, 0.5) is 34.1 Å². The first-order chi connectivity index (χ1) is 22.1. The quantitative estimate of drug-likeness (QED) is 0.0755. The van der Waals surface area contributed by atoms with Gasteiger partial charge in [0, 0.05) is 39.7 Å². The van der Waals surface area contributed by atoms with E-state index in [1.165, 1.54) is 36.4 Å². The number of nitrogens with zero attached hydrogens (tertiary/aromatic N) is 6. The van der Waals surface area contributed by atoms with E-state index in [4.69, 9.17) is 0 Å². The van der Waals surface area contributed by atoms with Gasteiger partial charge in [-0.1, -0.05) is 60.7 Å². The van der Waals surface area contributed by atoms with Crippen LogP contribution in [0, 0.1) is 20.2 Å². The number of phenolic OH excluding ortho intramolecular Hbond substituents is 4. The fourth-order valence-electron chi connectivity index (χ4n) is 4.33. The molecule has 6 rings (SSSR count). The van der Waals surface area contributed by atoms with Crippen molar-refractivity contribution in [3.8, 4) is 23.0 Å². The van der Waals surface area contributed by atoms with Gasteiger partial charge in [-0.2, -0.15) is 0 Å². The number of hydrogen-bond donors (Lipinski definition) is 4. The summed E-state index contributed by atoms with van der Waals surface area (Å²) in [4.78, 5) is 20.1. The molecule has 0 amide bonds. The van der Waals surface area contributed by atoms with E-state index in [0.717, 1.165) is 22.9 Å². The number of hydrogen-bond acceptors (Lipinski definition) is 12. The number of azo groups is 2. The van der Waals surface area contributed by atoms with Crippen LogP contribution in [0.25, 0.3) is 21.5 Å². The fourth-order valence-corrected chi connectivity index (χ4v) is 4.33. The second-order valence-electron chi connectivity index (χ2n) is 9.57. The molecule has 0 atom stereocenters. The zero-order chi connectivity index (χ0) is 32.8. The van der Waals surface area contributed by atoms with Crippen LogP contribution < -0.4 is 0 Å². The maximum Gasteiger partial charge on any atom is 0.273 e. The van der Waals surface area contributed by atoms with E-state index < -0.39 is 9.85 Å². The molecule has 237 valence electrons. The van der Waals surface area contributed by atoms with Crippen molar-refractivity contribution in [1.29, 1.82) is 0 Å². The summed E-state index contributed by atoms with van der Waals surface area (Å²) in [6.07, 6.45) is 0. The first-order valence-electron chi connectivity index (χ1n) is 13.3. The van der Waals surface area contributed by atoms with Gasteiger partial charge in [-0.15, -0.1) is 20.5 Å². The van der Waals surface area contributed by atoms with E-state index in [-0.39, 0.29) is 73.9 Å². The van der Waals surface area contributed by atoms with Crippen molar-refractivity contribution in [3.05, 3.63) is 129 Å². The number of benzene rings is 6. The minimum atomic E-state index is -0.614. The van der Waals surface area contributed by atoms with Crippen LogP contribution in [-0.2, 0) is 16.8 Å². The van der Waals surface area contributed by atoms with Gasteiger partial charge in [-0.25, -0.2) is 0 Å². The molecule has 0 aromatic heterocycles. The second-order valence-corrected chi connectivity index (χ2v) is 9.57. The fraction of sp³-hybridized carbons (Fsp3) is 0. The van der Waals surface area contributed by atoms with Gasteiger partial charge in [-0.3, -0.25) is 20.2 Å². The molecule has 1 radical (unpaired) electrons. The van der Waals surface area contributed by atoms with Gasteiger partial charge in [0.1, 0.15) is 45.7 Å². The van der Waals surface area contributed by atoms with Crippen molar-refractivity contribution in [2.24, 2.45) is 20.5 Å². The molecule has 6 aromatic rings. The molecule has 0 fully saturated rings. The van der Waals surface area contributed by atoms with Crippen molar-refractivity contribution in [2.75, 3.05) is 0 Å². The predicted octanol–water partition coefficient (Wildman–Crippen LogP) is 9.15. The standard InChI is InChI=1S/2C16H11N3O4.Co/c2*20-14-8-5-10-3-1-2-4-12(10)16(14)18-17-13-7-6-11(19(22)23)9-15(13)21;/h2*1-9,20-21H;. The Kier molecular flexibility index (Phi) is 10.4. The molecule has 0 saturated carbocycles. The molecule has 0 aliphatic rings. The minimum absolute atomic E-state index is 0. The van der Waals surface area contributed by atoms with E-state index in [9.17, 15) is 40.7 Å². The van der Waals surface area contributed by atoms with Crippen molar-refractivity contribution < 1.29 is 47.1 Å². The minimum Gasteiger partial charge on any atom is -0.506 e. The zero-order valence-corrected chi connectivity index (χ0v) is 24.9. The molecular formula is C32H22CoN6O8. The third kappa shape index (κ3) is 7.62. The number of phenols is 4. The van der Waals surface area contributed by atoms with Gasteiger partial charge in [-0.05, 0) is 35.0 Å². The van der Waals surface area contributed by atoms with Crippen LogP contribution in [-0.4, -0.2) is 30.3 Å². The Bertz CT molecular complexity index is 2040. The number of fused-ring (bicyclic) bond motifs is 2. The maximum atomic E-state index is 10.6. The molecular weight excluding hydrogens is 655 g/mol. The normalized spacial score (nSPS) is 10.9. The molecule has 15 heteroatoms. The van der Waals surface area contributed by atoms with Gasteiger partial charge >= 0.3 is 0 Å². The van der Waals surface area contributed by atoms with Gasteiger partial charge in [0.2, 0.25) is 0 Å². The number of rotatable bonds is 6. The Morgan fingerprint density at radius 1 is 0.468 bits per heavy atom. The number of non-ortho nitro benzene ring substituents is 2. The summed E-state index contributed by atoms with van der Waals surface area (Å²) in [6, 6.07) is 28.2. The number of aromatic hydroxyl groups is 4. The second kappa shape index (κ2) is 14.6. The van der Waals surface area contributed by atoms with Crippen LogP contribution in [0.2, 0.25) is 0 Å². The number of nitro benzene ring substituents is 2. The molecule has 0 heterocycles. The van der Waals surface area contributed by atoms with E-state index in [1.54, 1.807) is 24.3 Å². The predicted molar refractivity (Wildman–Crippen MR) is 169 cm³/mol. The van der Waals surface area contributed by atoms with Crippen LogP contribution in [0.1, 0.15) is 0 Å². The first-order valence-corrected chi connectivity index (χ1v) is 13.3. The molecule has 0 bridgehead atoms. The largest absolute Gasteiger partial charge is 0.506 e. The Hall–Kier alpha value is -6.45. The summed E-state index contributed by atoms with van der Waals surface area (Å²) >= 11 is 0. The molecule has 0 aliphatic heterocycles. The summed E-state index contributed by atoms with van der Waals surface area (Å²) in [5.41, 5.74) is 0.191. The third-order valence-corrected chi connectivity index (χ3v) is 6.61. The molecule has 6 aromatic carbocycles. The van der Waals surface area contributed by atoms with Gasteiger partial charge in [0.25, 0.3) is 11.4 Å². The maximum absolute atomic E-state index is 10.6. The molecule has 0 spiro atoms. The summed E-state index contributed by atoms with van der Waals surface area (Å²) in [6.45, 7) is 0. The molecule has 47 heavy (non-hydrogen) atoms. The molecule has 14 nitrogen and oxygen atoms in total. The average Bonchev–Trinajstić information content (AvgIpc) is 3.05. The summed E-state index contributed by atoms with van der Waals surface area (Å²) in [5.74, 6) is -0.812. The van der Waals surface area contributed by atoms with E-state index >= 15 is 0 Å². The Labute approximate surface area is 275 Å². The van der Waals surface area contributed by atoms with E-state index in [0.29, 0.717) is 10.8 Å². The van der Waals surface area contributed by atoms with Gasteiger partial charge in [0.05, 0.1) is 22.0 Å². The smallest absolute Gasteiger partial charge is 0.273 e. The van der Waals surface area contributed by atoms with Crippen molar-refractivity contribution in [3.63, 3.8) is 0 Å². The van der Waals surface area contributed by atoms with Crippen molar-refractivity contribution in [1.82, 2.24) is 0 Å². The zero-order valence-electron chi connectivity index (χ0n) is 23.8. The van der Waals surface area contributed by atoms with Crippen LogP contribution in [0.15, 0.2) is 130 Å². The van der Waals surface area contributed by atoms with Gasteiger partial charge in [0.15, 0.2) is 0 Å². The topological polar surface area (TPSA) is 217 Å². The molecule has 0 saturated heterocycles. The number of nitro groups is 2. The van der Waals surface area contributed by atoms with Crippen molar-refractivity contribution >= 4 is 55.7 Å². The molecule has 4 N–H and O–H groups in total. The molecule has 0 unspecified atom stereocenters. The van der Waals surface area contributed by atoms with Crippen LogP contribution in [0.5, 0.6) is 23.0 Å². The molecule has 0 aliphatic carbocycles. The summed E-state index contributed by atoms with van der Waals surface area (Å²) in [5, 5.41) is 79.7. The van der Waals surface area contributed by atoms with E-state index in [2.05, 4.69) is 20.5 Å². The SMILES string of the molecule is O=[N+]([O-])c1ccc(N=Nc2c(O)ccc3ccccc23)c(O)c1.O=[N+]([O-])c1ccc(N=Nc2c(O)ccc3ccccc23)c(O)c1.[Co]. The van der Waals surface area contributed by atoms with Gasteiger partial charge < -0.3 is 20.4 Å². The van der Waals surface area contributed by atoms with Crippen molar-refractivity contribution in [2.45, 2.75) is 0 Å².